The number of carbonyl (C=O) groups is 1. The van der Waals surface area contributed by atoms with Crippen LogP contribution in [0.15, 0.2) is 36.4 Å². The highest BCUT2D eigenvalue weighted by molar-refractivity contribution is 6.00. The second kappa shape index (κ2) is 8.83. The van der Waals surface area contributed by atoms with E-state index >= 15 is 0 Å². The van der Waals surface area contributed by atoms with Crippen LogP contribution in [0.25, 0.3) is 0 Å². The number of para-hydroxylation sites is 1. The molecule has 1 unspecified atom stereocenters. The zero-order valence-electron chi connectivity index (χ0n) is 16.9. The molecule has 1 fully saturated rings. The third-order valence-corrected chi connectivity index (χ3v) is 5.03. The number of nitrogens with zero attached hydrogens (tertiary/aromatic N) is 1. The molecule has 1 amide bonds. The van der Waals surface area contributed by atoms with Crippen LogP contribution < -0.4 is 24.4 Å². The number of amides is 1. The van der Waals surface area contributed by atoms with Crippen molar-refractivity contribution >= 4 is 11.6 Å². The summed E-state index contributed by atoms with van der Waals surface area (Å²) >= 11 is 0. The van der Waals surface area contributed by atoms with Gasteiger partial charge in [-0.15, -0.1) is 0 Å². The van der Waals surface area contributed by atoms with Gasteiger partial charge in [0.05, 0.1) is 38.6 Å². The number of rotatable bonds is 7. The minimum absolute atomic E-state index is 0.122. The molecule has 0 aliphatic carbocycles. The largest absolute Gasteiger partial charge is 0.493 e. The molecule has 0 radical (unpaired) electrons. The molecule has 3 rings (SSSR count). The Morgan fingerprint density at radius 1 is 1.03 bits per heavy atom. The van der Waals surface area contributed by atoms with Gasteiger partial charge >= 0.3 is 6.18 Å². The molecule has 9 heteroatoms. The highest BCUT2D eigenvalue weighted by Gasteiger charge is 2.39. The maximum atomic E-state index is 13.3. The first-order valence-electron chi connectivity index (χ1n) is 9.30. The van der Waals surface area contributed by atoms with E-state index in [9.17, 15) is 18.0 Å². The molecular formula is C21H23F3N2O4. The molecule has 0 bridgehead atoms. The van der Waals surface area contributed by atoms with Gasteiger partial charge in [-0.1, -0.05) is 18.2 Å². The number of hydrogen-bond acceptors (Lipinski definition) is 5. The van der Waals surface area contributed by atoms with Gasteiger partial charge in [-0.2, -0.15) is 13.2 Å². The summed E-state index contributed by atoms with van der Waals surface area (Å²) in [6.07, 6.45) is -4.14. The smallest absolute Gasteiger partial charge is 0.418 e. The van der Waals surface area contributed by atoms with Gasteiger partial charge in [0.15, 0.2) is 11.5 Å². The Bertz CT molecular complexity index is 918. The van der Waals surface area contributed by atoms with Gasteiger partial charge in [0, 0.05) is 18.7 Å². The Morgan fingerprint density at radius 3 is 2.37 bits per heavy atom. The Hall–Kier alpha value is -2.94. The van der Waals surface area contributed by atoms with E-state index in [0.717, 1.165) is 11.6 Å². The van der Waals surface area contributed by atoms with Crippen molar-refractivity contribution in [2.45, 2.75) is 25.2 Å². The molecule has 2 aromatic rings. The summed E-state index contributed by atoms with van der Waals surface area (Å²) in [5.41, 5.74) is -0.208. The first-order valence-corrected chi connectivity index (χ1v) is 9.30. The topological polar surface area (TPSA) is 60.0 Å². The molecular weight excluding hydrogens is 401 g/mol. The molecule has 1 saturated heterocycles. The van der Waals surface area contributed by atoms with Crippen LogP contribution >= 0.6 is 0 Å². The minimum atomic E-state index is -4.53. The number of alkyl halides is 3. The van der Waals surface area contributed by atoms with Crippen molar-refractivity contribution < 1.29 is 32.2 Å². The van der Waals surface area contributed by atoms with E-state index in [0.29, 0.717) is 23.7 Å². The maximum absolute atomic E-state index is 13.3. The van der Waals surface area contributed by atoms with Gasteiger partial charge < -0.3 is 24.4 Å². The van der Waals surface area contributed by atoms with Gasteiger partial charge in [-0.05, 0) is 24.6 Å². The molecule has 1 N–H and O–H groups in total. The van der Waals surface area contributed by atoms with Gasteiger partial charge in [-0.3, -0.25) is 4.79 Å². The number of methoxy groups -OCH3 is 3. The number of hydrogen-bond donors (Lipinski definition) is 1. The van der Waals surface area contributed by atoms with Crippen molar-refractivity contribution in [2.75, 3.05) is 32.8 Å². The fraction of sp³-hybridized carbons (Fsp3) is 0.381. The van der Waals surface area contributed by atoms with E-state index in [1.165, 1.54) is 44.4 Å². The van der Waals surface area contributed by atoms with E-state index < -0.39 is 23.7 Å². The standard InChI is InChI=1S/C21H23F3N2O4/c1-28-17-9-8-13(18(29-2)19(17)30-3)12-25-15-10-11-26(20(15)27)16-7-5-4-6-14(16)21(22,23)24/h4-9,15,25H,10-12H2,1-3H3. The maximum Gasteiger partial charge on any atom is 0.418 e. The van der Waals surface area contributed by atoms with Crippen LogP contribution in [0.4, 0.5) is 18.9 Å². The lowest BCUT2D eigenvalue weighted by Crippen LogP contribution is -2.38. The van der Waals surface area contributed by atoms with Crippen molar-refractivity contribution in [3.8, 4) is 17.2 Å². The van der Waals surface area contributed by atoms with Crippen molar-refractivity contribution in [3.05, 3.63) is 47.5 Å². The number of ether oxygens (including phenoxy) is 3. The molecule has 6 nitrogen and oxygen atoms in total. The molecule has 30 heavy (non-hydrogen) atoms. The van der Waals surface area contributed by atoms with E-state index in [4.69, 9.17) is 14.2 Å². The second-order valence-corrected chi connectivity index (χ2v) is 6.72. The first kappa shape index (κ1) is 21.8. The quantitative estimate of drug-likeness (QED) is 0.736. The summed E-state index contributed by atoms with van der Waals surface area (Å²) in [7, 11) is 4.51. The van der Waals surface area contributed by atoms with Crippen LogP contribution in [-0.2, 0) is 17.5 Å². The van der Waals surface area contributed by atoms with E-state index in [2.05, 4.69) is 5.32 Å². The lowest BCUT2D eigenvalue weighted by Gasteiger charge is -2.22. The van der Waals surface area contributed by atoms with Crippen LogP contribution in [0.2, 0.25) is 0 Å². The number of carbonyl (C=O) groups excluding carboxylic acids is 1. The average molecular weight is 424 g/mol. The predicted molar refractivity (Wildman–Crippen MR) is 105 cm³/mol. The summed E-state index contributed by atoms with van der Waals surface area (Å²) < 4.78 is 56.0. The van der Waals surface area contributed by atoms with Crippen LogP contribution in [0.1, 0.15) is 17.5 Å². The Morgan fingerprint density at radius 2 is 1.73 bits per heavy atom. The Kier molecular flexibility index (Phi) is 6.40. The molecule has 1 atom stereocenters. The fourth-order valence-corrected chi connectivity index (χ4v) is 3.59. The molecule has 1 aliphatic heterocycles. The highest BCUT2D eigenvalue weighted by atomic mass is 19.4. The van der Waals surface area contributed by atoms with E-state index in [1.54, 1.807) is 12.1 Å². The molecule has 0 aromatic heterocycles. The lowest BCUT2D eigenvalue weighted by atomic mass is 10.1. The molecule has 2 aromatic carbocycles. The van der Waals surface area contributed by atoms with Crippen LogP contribution in [0.5, 0.6) is 17.2 Å². The molecule has 1 aliphatic rings. The lowest BCUT2D eigenvalue weighted by molar-refractivity contribution is -0.137. The Labute approximate surface area is 172 Å². The van der Waals surface area contributed by atoms with E-state index in [-0.39, 0.29) is 18.8 Å². The number of halogens is 3. The third kappa shape index (κ3) is 4.16. The van der Waals surface area contributed by atoms with Gasteiger partial charge in [0.25, 0.3) is 0 Å². The highest BCUT2D eigenvalue weighted by Crippen LogP contribution is 2.40. The van der Waals surface area contributed by atoms with Gasteiger partial charge in [0.2, 0.25) is 11.7 Å². The predicted octanol–water partition coefficient (Wildman–Crippen LogP) is 3.63. The SMILES string of the molecule is COc1ccc(CNC2CCN(c3ccccc3C(F)(F)F)C2=O)c(OC)c1OC. The third-order valence-electron chi connectivity index (χ3n) is 5.03. The number of nitrogens with one attached hydrogen (secondary N) is 1. The fourth-order valence-electron chi connectivity index (χ4n) is 3.59. The summed E-state index contributed by atoms with van der Waals surface area (Å²) in [5.74, 6) is 1.00. The zero-order chi connectivity index (χ0) is 21.9. The monoisotopic (exact) mass is 424 g/mol. The molecule has 1 heterocycles. The summed E-state index contributed by atoms with van der Waals surface area (Å²) in [5, 5.41) is 3.12. The van der Waals surface area contributed by atoms with Crippen molar-refractivity contribution in [1.82, 2.24) is 5.32 Å². The molecule has 0 spiro atoms. The first-order chi connectivity index (χ1) is 14.3. The second-order valence-electron chi connectivity index (χ2n) is 6.72. The summed E-state index contributed by atoms with van der Waals surface area (Å²) in [4.78, 5) is 14.0. The van der Waals surface area contributed by atoms with Gasteiger partial charge in [0.1, 0.15) is 0 Å². The van der Waals surface area contributed by atoms with Crippen molar-refractivity contribution in [3.63, 3.8) is 0 Å². The normalized spacial score (nSPS) is 16.7. The number of anilines is 1. The van der Waals surface area contributed by atoms with Crippen LogP contribution in [0.3, 0.4) is 0 Å². The zero-order valence-corrected chi connectivity index (χ0v) is 16.9. The number of benzene rings is 2. The average Bonchev–Trinajstić information content (AvgIpc) is 3.10. The summed E-state index contributed by atoms with van der Waals surface area (Å²) in [6, 6.07) is 8.01. The molecule has 162 valence electrons. The van der Waals surface area contributed by atoms with Crippen LogP contribution in [0, 0.1) is 0 Å². The van der Waals surface area contributed by atoms with E-state index in [1.807, 2.05) is 0 Å². The van der Waals surface area contributed by atoms with Crippen molar-refractivity contribution in [1.29, 1.82) is 0 Å². The molecule has 0 saturated carbocycles. The van der Waals surface area contributed by atoms with Gasteiger partial charge in [-0.25, -0.2) is 0 Å². The van der Waals surface area contributed by atoms with Crippen LogP contribution in [-0.4, -0.2) is 39.8 Å². The minimum Gasteiger partial charge on any atom is -0.493 e. The summed E-state index contributed by atoms with van der Waals surface area (Å²) in [6.45, 7) is 0.474. The van der Waals surface area contributed by atoms with Crippen molar-refractivity contribution in [2.24, 2.45) is 0 Å². The Balaban J connectivity index is 1.77.